The summed E-state index contributed by atoms with van der Waals surface area (Å²) in [5.41, 5.74) is 0.826. The Morgan fingerprint density at radius 3 is 2.48 bits per heavy atom. The van der Waals surface area contributed by atoms with Crippen LogP contribution in [0.1, 0.15) is 36.5 Å². The molecule has 0 saturated carbocycles. The minimum absolute atomic E-state index is 0.0740. The minimum atomic E-state index is 0.0740. The lowest BCUT2D eigenvalue weighted by molar-refractivity contribution is 0.0887. The Hall–Kier alpha value is -1.87. The summed E-state index contributed by atoms with van der Waals surface area (Å²) in [5.74, 6) is 1.16. The fourth-order valence-electron chi connectivity index (χ4n) is 3.56. The van der Waals surface area contributed by atoms with Crippen molar-refractivity contribution in [3.63, 3.8) is 0 Å². The summed E-state index contributed by atoms with van der Waals surface area (Å²) in [4.78, 5) is 15.5. The van der Waals surface area contributed by atoms with E-state index in [0.717, 1.165) is 48.1 Å². The molecule has 2 aromatic rings. The van der Waals surface area contributed by atoms with Crippen molar-refractivity contribution in [3.05, 3.63) is 42.0 Å². The Balaban J connectivity index is 1.93. The molecule has 23 heavy (non-hydrogen) atoms. The summed E-state index contributed by atoms with van der Waals surface area (Å²) in [7, 11) is 1.67. The Labute approximate surface area is 138 Å². The number of ether oxygens (including phenoxy) is 1. The molecule has 122 valence electrons. The first-order valence-electron chi connectivity index (χ1n) is 8.57. The molecule has 1 atom stereocenters. The first kappa shape index (κ1) is 16.0. The standard InChI is InChI=1S/C20H25NO2/c1-3-15(14-21-12-6-7-13-21)20(22)18-10-11-19(23-2)17-9-5-4-8-16(17)18/h4-5,8-11,15H,3,6-7,12-14H2,1-2H3. The van der Waals surface area contributed by atoms with Crippen molar-refractivity contribution in [2.45, 2.75) is 26.2 Å². The third-order valence-electron chi connectivity index (χ3n) is 4.91. The molecule has 1 fully saturated rings. The van der Waals surface area contributed by atoms with Crippen LogP contribution in [-0.4, -0.2) is 37.4 Å². The fourth-order valence-corrected chi connectivity index (χ4v) is 3.56. The van der Waals surface area contributed by atoms with Crippen LogP contribution in [0.2, 0.25) is 0 Å². The lowest BCUT2D eigenvalue weighted by atomic mass is 9.91. The number of methoxy groups -OCH3 is 1. The molecule has 0 aromatic heterocycles. The van der Waals surface area contributed by atoms with E-state index in [4.69, 9.17) is 4.74 Å². The highest BCUT2D eigenvalue weighted by molar-refractivity contribution is 6.10. The predicted octanol–water partition coefficient (Wildman–Crippen LogP) is 4.15. The van der Waals surface area contributed by atoms with E-state index in [1.807, 2.05) is 36.4 Å². The lowest BCUT2D eigenvalue weighted by Gasteiger charge is -2.22. The minimum Gasteiger partial charge on any atom is -0.496 e. The number of carbonyl (C=O) groups excluding carboxylic acids is 1. The zero-order valence-corrected chi connectivity index (χ0v) is 14.0. The van der Waals surface area contributed by atoms with E-state index in [1.165, 1.54) is 12.8 Å². The molecular weight excluding hydrogens is 286 g/mol. The van der Waals surface area contributed by atoms with Gasteiger partial charge in [-0.25, -0.2) is 0 Å². The molecular formula is C20H25NO2. The van der Waals surface area contributed by atoms with Gasteiger partial charge in [-0.1, -0.05) is 31.2 Å². The average Bonchev–Trinajstić information content (AvgIpc) is 3.11. The van der Waals surface area contributed by atoms with Crippen LogP contribution in [-0.2, 0) is 0 Å². The molecule has 0 bridgehead atoms. The van der Waals surface area contributed by atoms with Crippen molar-refractivity contribution in [2.24, 2.45) is 5.92 Å². The number of rotatable bonds is 6. The van der Waals surface area contributed by atoms with Gasteiger partial charge < -0.3 is 9.64 Å². The van der Waals surface area contributed by atoms with Gasteiger partial charge in [0.05, 0.1) is 7.11 Å². The van der Waals surface area contributed by atoms with E-state index in [0.29, 0.717) is 0 Å². The van der Waals surface area contributed by atoms with Gasteiger partial charge in [0.2, 0.25) is 0 Å². The second kappa shape index (κ2) is 7.14. The zero-order chi connectivity index (χ0) is 16.2. The molecule has 0 amide bonds. The molecule has 0 spiro atoms. The van der Waals surface area contributed by atoms with Crippen LogP contribution in [0.4, 0.5) is 0 Å². The number of ketones is 1. The molecule has 1 saturated heterocycles. The Morgan fingerprint density at radius 2 is 1.83 bits per heavy atom. The number of carbonyl (C=O) groups is 1. The van der Waals surface area contributed by atoms with Crippen molar-refractivity contribution >= 4 is 16.6 Å². The smallest absolute Gasteiger partial charge is 0.167 e. The molecule has 1 heterocycles. The topological polar surface area (TPSA) is 29.5 Å². The van der Waals surface area contributed by atoms with E-state index < -0.39 is 0 Å². The Morgan fingerprint density at radius 1 is 1.13 bits per heavy atom. The van der Waals surface area contributed by atoms with E-state index in [9.17, 15) is 4.79 Å². The molecule has 3 rings (SSSR count). The lowest BCUT2D eigenvalue weighted by Crippen LogP contribution is -2.31. The van der Waals surface area contributed by atoms with Crippen LogP contribution in [0.25, 0.3) is 10.8 Å². The van der Waals surface area contributed by atoms with Crippen LogP contribution in [0.5, 0.6) is 5.75 Å². The highest BCUT2D eigenvalue weighted by Crippen LogP contribution is 2.30. The van der Waals surface area contributed by atoms with E-state index in [-0.39, 0.29) is 11.7 Å². The van der Waals surface area contributed by atoms with Crippen molar-refractivity contribution in [1.82, 2.24) is 4.90 Å². The van der Waals surface area contributed by atoms with Crippen molar-refractivity contribution in [2.75, 3.05) is 26.7 Å². The summed E-state index contributed by atoms with van der Waals surface area (Å²) >= 11 is 0. The molecule has 2 aromatic carbocycles. The highest BCUT2D eigenvalue weighted by Gasteiger charge is 2.24. The quantitative estimate of drug-likeness (QED) is 0.751. The molecule has 1 aliphatic heterocycles. The Bertz CT molecular complexity index is 689. The number of hydrogen-bond acceptors (Lipinski definition) is 3. The van der Waals surface area contributed by atoms with Gasteiger partial charge >= 0.3 is 0 Å². The predicted molar refractivity (Wildman–Crippen MR) is 94.3 cm³/mol. The number of fused-ring (bicyclic) bond motifs is 1. The average molecular weight is 311 g/mol. The van der Waals surface area contributed by atoms with Crippen molar-refractivity contribution in [3.8, 4) is 5.75 Å². The van der Waals surface area contributed by atoms with Crippen LogP contribution < -0.4 is 4.74 Å². The number of benzene rings is 2. The van der Waals surface area contributed by atoms with Gasteiger partial charge in [-0.05, 0) is 49.9 Å². The fraction of sp³-hybridized carbons (Fsp3) is 0.450. The van der Waals surface area contributed by atoms with Gasteiger partial charge in [0, 0.05) is 23.4 Å². The molecule has 0 N–H and O–H groups in total. The van der Waals surface area contributed by atoms with Gasteiger partial charge in [0.25, 0.3) is 0 Å². The second-order valence-corrected chi connectivity index (χ2v) is 6.34. The largest absolute Gasteiger partial charge is 0.496 e. The van der Waals surface area contributed by atoms with E-state index in [2.05, 4.69) is 11.8 Å². The first-order chi connectivity index (χ1) is 11.2. The second-order valence-electron chi connectivity index (χ2n) is 6.34. The number of likely N-dealkylation sites (tertiary alicyclic amines) is 1. The van der Waals surface area contributed by atoms with E-state index >= 15 is 0 Å². The highest BCUT2D eigenvalue weighted by atomic mass is 16.5. The SMILES string of the molecule is CCC(CN1CCCC1)C(=O)c1ccc(OC)c2ccccc12. The van der Waals surface area contributed by atoms with Gasteiger partial charge in [-0.3, -0.25) is 4.79 Å². The maximum absolute atomic E-state index is 13.1. The number of Topliss-reactive ketones (excluding diaryl/α,β-unsaturated/α-hetero) is 1. The third kappa shape index (κ3) is 3.25. The summed E-state index contributed by atoms with van der Waals surface area (Å²) in [6.45, 7) is 5.26. The first-order valence-corrected chi connectivity index (χ1v) is 8.57. The summed E-state index contributed by atoms with van der Waals surface area (Å²) in [6.07, 6.45) is 3.40. The normalized spacial score (nSPS) is 16.6. The zero-order valence-electron chi connectivity index (χ0n) is 14.0. The molecule has 0 aliphatic carbocycles. The molecule has 0 radical (unpaired) electrons. The molecule has 3 heteroatoms. The third-order valence-corrected chi connectivity index (χ3v) is 4.91. The van der Waals surface area contributed by atoms with Crippen LogP contribution in [0, 0.1) is 5.92 Å². The summed E-state index contributed by atoms with van der Waals surface area (Å²) in [6, 6.07) is 11.9. The van der Waals surface area contributed by atoms with Crippen molar-refractivity contribution < 1.29 is 9.53 Å². The summed E-state index contributed by atoms with van der Waals surface area (Å²) in [5, 5.41) is 2.01. The monoisotopic (exact) mass is 311 g/mol. The van der Waals surface area contributed by atoms with Gasteiger partial charge in [-0.15, -0.1) is 0 Å². The van der Waals surface area contributed by atoms with Gasteiger partial charge in [0.15, 0.2) is 5.78 Å². The Kier molecular flexibility index (Phi) is 4.97. The summed E-state index contributed by atoms with van der Waals surface area (Å²) < 4.78 is 5.44. The van der Waals surface area contributed by atoms with Crippen LogP contribution >= 0.6 is 0 Å². The van der Waals surface area contributed by atoms with Crippen LogP contribution in [0.3, 0.4) is 0 Å². The molecule has 1 unspecified atom stereocenters. The van der Waals surface area contributed by atoms with Crippen LogP contribution in [0.15, 0.2) is 36.4 Å². The molecule has 1 aliphatic rings. The van der Waals surface area contributed by atoms with E-state index in [1.54, 1.807) is 7.11 Å². The van der Waals surface area contributed by atoms with Gasteiger partial charge in [0.1, 0.15) is 5.75 Å². The maximum Gasteiger partial charge on any atom is 0.167 e. The van der Waals surface area contributed by atoms with Crippen molar-refractivity contribution in [1.29, 1.82) is 0 Å². The molecule has 3 nitrogen and oxygen atoms in total. The number of hydrogen-bond donors (Lipinski definition) is 0. The van der Waals surface area contributed by atoms with Gasteiger partial charge in [-0.2, -0.15) is 0 Å². The maximum atomic E-state index is 13.1. The number of nitrogens with zero attached hydrogens (tertiary/aromatic N) is 1.